The number of hydrogen-bond donors (Lipinski definition) is 3. The number of carbonyl (C=O) groups excluding carboxylic acids is 5. The summed E-state index contributed by atoms with van der Waals surface area (Å²) in [5.74, 6) is -4.98. The molecule has 3 aromatic rings. The summed E-state index contributed by atoms with van der Waals surface area (Å²) in [6, 6.07) is 24.7. The minimum Gasteiger partial charge on any atom is -0.456 e. The molecule has 0 radical (unpaired) electrons. The molecule has 1 amide bonds. The lowest BCUT2D eigenvalue weighted by atomic mass is 9.44. The lowest BCUT2D eigenvalue weighted by Crippen LogP contribution is -2.82. The summed E-state index contributed by atoms with van der Waals surface area (Å²) >= 11 is 0. The van der Waals surface area contributed by atoms with Gasteiger partial charge in [-0.25, -0.2) is 9.59 Å². The largest absolute Gasteiger partial charge is 0.456 e. The molecule has 1 heterocycles. The first-order valence-corrected chi connectivity index (χ1v) is 31.3. The summed E-state index contributed by atoms with van der Waals surface area (Å²) in [5.41, 5.74) is -5.95. The third-order valence-electron chi connectivity index (χ3n) is 17.6. The van der Waals surface area contributed by atoms with E-state index in [9.17, 15) is 24.6 Å². The van der Waals surface area contributed by atoms with Gasteiger partial charge in [0.15, 0.2) is 34.1 Å². The van der Waals surface area contributed by atoms with Crippen molar-refractivity contribution in [2.45, 2.75) is 179 Å². The van der Waals surface area contributed by atoms with Gasteiger partial charge in [-0.15, -0.1) is 0 Å². The second-order valence-electron chi connectivity index (χ2n) is 24.5. The van der Waals surface area contributed by atoms with Crippen molar-refractivity contribution in [2.75, 3.05) is 6.61 Å². The van der Waals surface area contributed by atoms with E-state index in [1.807, 2.05) is 53.0 Å². The van der Waals surface area contributed by atoms with Crippen LogP contribution in [0, 0.1) is 16.7 Å². The van der Waals surface area contributed by atoms with Crippen molar-refractivity contribution >= 4 is 46.2 Å². The fraction of sp³-hybridized carbons (Fsp3) is 0.561. The Morgan fingerprint density at radius 2 is 1.33 bits per heavy atom. The molecule has 14 nitrogen and oxygen atoms in total. The SMILES string of the molecule is CC(=O)O[C@@]12CO[C@@H]1C[C@H](O[Si](C)(C)C(C)(C)C)[C@@]1(C)C(=O)[C@H](O)C3=C(C)[C@@H](OC(=O)[C@H](O[Si](C)(C)C(C)(C)C)C(NC(=O)c4ccccc4)c4ccccc4)C[C@@](O)([C@@H](OC(=O)c4ccccc4)[C@H]21)C3(C)C. The van der Waals surface area contributed by atoms with E-state index in [2.05, 4.69) is 26.1 Å². The highest BCUT2D eigenvalue weighted by molar-refractivity contribution is 6.74. The van der Waals surface area contributed by atoms with E-state index in [1.54, 1.807) is 113 Å². The van der Waals surface area contributed by atoms with Gasteiger partial charge in [-0.05, 0) is 91.1 Å². The van der Waals surface area contributed by atoms with Crippen LogP contribution in [0.15, 0.2) is 102 Å². The fourth-order valence-electron chi connectivity index (χ4n) is 11.2. The average molecular weight is 1040 g/mol. The Balaban J connectivity index is 1.44. The van der Waals surface area contributed by atoms with Gasteiger partial charge in [0.25, 0.3) is 5.91 Å². The van der Waals surface area contributed by atoms with Crippen LogP contribution in [0.1, 0.15) is 121 Å². The van der Waals surface area contributed by atoms with E-state index in [0.717, 1.165) is 0 Å². The van der Waals surface area contributed by atoms with Crippen molar-refractivity contribution in [3.63, 3.8) is 0 Å². The Bertz CT molecular complexity index is 2610. The second kappa shape index (κ2) is 19.7. The van der Waals surface area contributed by atoms with Crippen molar-refractivity contribution in [3.05, 3.63) is 119 Å². The normalized spacial score (nSPS) is 30.0. The summed E-state index contributed by atoms with van der Waals surface area (Å²) in [5, 5.41) is 29.5. The number of aliphatic hydroxyl groups excluding tert-OH is 1. The molecule has 4 aliphatic rings. The third kappa shape index (κ3) is 9.86. The minimum absolute atomic E-state index is 0.0722. The Morgan fingerprint density at radius 1 is 0.795 bits per heavy atom. The minimum atomic E-state index is -2.91. The Kier molecular flexibility index (Phi) is 15.1. The van der Waals surface area contributed by atoms with Crippen LogP contribution in [0.25, 0.3) is 0 Å². The predicted molar refractivity (Wildman–Crippen MR) is 280 cm³/mol. The lowest BCUT2D eigenvalue weighted by Gasteiger charge is -2.68. The molecule has 1 saturated heterocycles. The summed E-state index contributed by atoms with van der Waals surface area (Å²) in [6.07, 6.45) is -8.67. The number of aliphatic hydroxyl groups is 2. The van der Waals surface area contributed by atoms with E-state index >= 15 is 9.59 Å². The van der Waals surface area contributed by atoms with Crippen LogP contribution >= 0.6 is 0 Å². The third-order valence-corrected chi connectivity index (χ3v) is 26.6. The number of amides is 1. The number of fused-ring (bicyclic) bond motifs is 5. The van der Waals surface area contributed by atoms with E-state index in [1.165, 1.54) is 6.92 Å². The molecule has 2 bridgehead atoms. The molecule has 0 spiro atoms. The molecular weight excluding hydrogens is 963 g/mol. The zero-order valence-corrected chi connectivity index (χ0v) is 47.3. The Labute approximate surface area is 433 Å². The molecule has 2 saturated carbocycles. The lowest BCUT2D eigenvalue weighted by molar-refractivity contribution is -0.344. The molecule has 3 fully saturated rings. The van der Waals surface area contributed by atoms with Gasteiger partial charge in [0.1, 0.15) is 30.0 Å². The van der Waals surface area contributed by atoms with E-state index in [-0.39, 0.29) is 29.2 Å². The topological polar surface area (TPSA) is 193 Å². The van der Waals surface area contributed by atoms with Crippen LogP contribution in [-0.4, -0.2) is 111 Å². The second-order valence-corrected chi connectivity index (χ2v) is 34.0. The van der Waals surface area contributed by atoms with Gasteiger partial charge in [0.05, 0.1) is 35.6 Å². The van der Waals surface area contributed by atoms with Crippen molar-refractivity contribution in [2.24, 2.45) is 16.7 Å². The fourth-order valence-corrected chi connectivity index (χ4v) is 13.8. The number of nitrogens with one attached hydrogen (secondary N) is 1. The number of ketones is 1. The monoisotopic (exact) mass is 1040 g/mol. The Morgan fingerprint density at radius 3 is 1.84 bits per heavy atom. The molecule has 1 unspecified atom stereocenters. The van der Waals surface area contributed by atoms with Crippen molar-refractivity contribution in [1.82, 2.24) is 5.32 Å². The number of ether oxygens (including phenoxy) is 4. The molecule has 1 aliphatic heterocycles. The first kappa shape index (κ1) is 55.9. The van der Waals surface area contributed by atoms with Crippen LogP contribution in [-0.2, 0) is 42.2 Å². The van der Waals surface area contributed by atoms with Crippen LogP contribution in [0.4, 0.5) is 0 Å². The van der Waals surface area contributed by atoms with Crippen LogP contribution in [0.5, 0.6) is 0 Å². The summed E-state index contributed by atoms with van der Waals surface area (Å²) in [6.45, 7) is 28.0. The van der Waals surface area contributed by atoms with Crippen molar-refractivity contribution < 1.29 is 62.0 Å². The number of hydrogen-bond acceptors (Lipinski definition) is 13. The summed E-state index contributed by atoms with van der Waals surface area (Å²) in [4.78, 5) is 74.0. The molecule has 3 aliphatic carbocycles. The number of rotatable bonds is 13. The van der Waals surface area contributed by atoms with Crippen LogP contribution in [0.3, 0.4) is 0 Å². The smallest absolute Gasteiger partial charge is 0.338 e. The molecule has 3 N–H and O–H groups in total. The standard InChI is InChI=1S/C57H77NO13Si2/c1-34-39(67-51(64)45(71-73(14,15)53(6,7)8)43(36-25-19-16-20-26-36)58-49(62)37-27-21-17-22-28-37)32-57(65)48(68-50(63)38-29-23-18-24-30-38)46-55(11,47(61)44(60)42(34)54(57,9)10)40(70-72(12,13)52(3,4)5)31-41-56(46,33-66-41)69-35(2)59/h16-30,39-41,43-46,48,60,65H,31-33H2,1-15H3,(H,58,62)/t39-,40-,41+,43?,44+,45+,46-,48-,55+,56-,57+/m0/s1. The maximum Gasteiger partial charge on any atom is 0.338 e. The molecule has 7 rings (SSSR count). The number of esters is 3. The zero-order chi connectivity index (χ0) is 54.1. The van der Waals surface area contributed by atoms with Gasteiger partial charge >= 0.3 is 17.9 Å². The van der Waals surface area contributed by atoms with Gasteiger partial charge in [-0.3, -0.25) is 14.4 Å². The first-order chi connectivity index (χ1) is 33.7. The van der Waals surface area contributed by atoms with Gasteiger partial charge in [-0.2, -0.15) is 0 Å². The number of benzene rings is 3. The zero-order valence-electron chi connectivity index (χ0n) is 45.3. The predicted octanol–water partition coefficient (Wildman–Crippen LogP) is 9.22. The highest BCUT2D eigenvalue weighted by atomic mass is 28.4. The molecule has 0 aromatic heterocycles. The molecular formula is C57H77NO13Si2. The highest BCUT2D eigenvalue weighted by Crippen LogP contribution is 2.65. The summed E-state index contributed by atoms with van der Waals surface area (Å²) < 4.78 is 40.3. The maximum absolute atomic E-state index is 16.1. The van der Waals surface area contributed by atoms with Gasteiger partial charge < -0.3 is 43.3 Å². The van der Waals surface area contributed by atoms with Gasteiger partial charge in [0.2, 0.25) is 0 Å². The number of carbonyl (C=O) groups is 5. The Hall–Kier alpha value is -4.82. The van der Waals surface area contributed by atoms with Crippen molar-refractivity contribution in [1.29, 1.82) is 0 Å². The quantitative estimate of drug-likeness (QED) is 0.0636. The molecule has 11 atom stereocenters. The van der Waals surface area contributed by atoms with E-state index < -0.39 is 128 Å². The molecule has 396 valence electrons. The van der Waals surface area contributed by atoms with E-state index in [0.29, 0.717) is 16.7 Å². The van der Waals surface area contributed by atoms with E-state index in [4.69, 9.17) is 27.8 Å². The van der Waals surface area contributed by atoms with Crippen LogP contribution in [0.2, 0.25) is 36.3 Å². The maximum atomic E-state index is 16.1. The van der Waals surface area contributed by atoms with Gasteiger partial charge in [-0.1, -0.05) is 122 Å². The van der Waals surface area contributed by atoms with Crippen molar-refractivity contribution in [3.8, 4) is 0 Å². The van der Waals surface area contributed by atoms with Gasteiger partial charge in [0, 0.05) is 30.7 Å². The molecule has 3 aromatic carbocycles. The summed E-state index contributed by atoms with van der Waals surface area (Å²) in [7, 11) is -5.69. The highest BCUT2D eigenvalue weighted by Gasteiger charge is 2.78. The average Bonchev–Trinajstić information content (AvgIpc) is 3.30. The molecule has 16 heteroatoms. The van der Waals surface area contributed by atoms with Crippen LogP contribution < -0.4 is 5.32 Å². The first-order valence-electron chi connectivity index (χ1n) is 25.5. The molecule has 73 heavy (non-hydrogen) atoms. The number of Topliss-reactive ketones (excluding diaryl/α,β-unsaturated/α-hetero) is 1.